The van der Waals surface area contributed by atoms with Crippen molar-refractivity contribution in [1.29, 1.82) is 0 Å². The van der Waals surface area contributed by atoms with Gasteiger partial charge in [-0.1, -0.05) is 30.3 Å². The van der Waals surface area contributed by atoms with Crippen molar-refractivity contribution in [1.82, 2.24) is 4.90 Å². The molecule has 1 aromatic carbocycles. The first kappa shape index (κ1) is 12.7. The van der Waals surface area contributed by atoms with Gasteiger partial charge in [0.05, 0.1) is 0 Å². The van der Waals surface area contributed by atoms with E-state index in [-0.39, 0.29) is 11.8 Å². The molecule has 0 bridgehead atoms. The molecule has 1 aromatic rings. The van der Waals surface area contributed by atoms with Gasteiger partial charge >= 0.3 is 0 Å². The van der Waals surface area contributed by atoms with E-state index in [9.17, 15) is 4.79 Å². The number of hydrogen-bond acceptors (Lipinski definition) is 2. The number of benzene rings is 1. The van der Waals surface area contributed by atoms with Crippen LogP contribution in [0.15, 0.2) is 30.3 Å². The Hall–Kier alpha value is -1.35. The molecule has 3 heteroatoms. The number of nitrogens with two attached hydrogens (primary N) is 1. The predicted octanol–water partition coefficient (Wildman–Crippen LogP) is 1.60. The highest BCUT2D eigenvalue weighted by Gasteiger charge is 2.14. The molecule has 0 saturated carbocycles. The minimum atomic E-state index is -0.229. The van der Waals surface area contributed by atoms with Crippen molar-refractivity contribution < 1.29 is 4.79 Å². The van der Waals surface area contributed by atoms with E-state index in [4.69, 9.17) is 5.73 Å². The zero-order valence-electron chi connectivity index (χ0n) is 10.0. The van der Waals surface area contributed by atoms with E-state index in [0.29, 0.717) is 6.42 Å². The third-order valence-corrected chi connectivity index (χ3v) is 2.64. The molecule has 88 valence electrons. The Morgan fingerprint density at radius 1 is 1.31 bits per heavy atom. The second kappa shape index (κ2) is 6.28. The maximum absolute atomic E-state index is 11.0. The fraction of sp³-hybridized carbons (Fsp3) is 0.462. The van der Waals surface area contributed by atoms with Gasteiger partial charge in [0.25, 0.3) is 0 Å². The Morgan fingerprint density at radius 2 is 1.94 bits per heavy atom. The molecule has 1 atom stereocenters. The van der Waals surface area contributed by atoms with Crippen LogP contribution in [0.3, 0.4) is 0 Å². The molecule has 0 aliphatic carbocycles. The van der Waals surface area contributed by atoms with E-state index in [2.05, 4.69) is 17.0 Å². The van der Waals surface area contributed by atoms with Crippen molar-refractivity contribution in [3.8, 4) is 0 Å². The Kier molecular flexibility index (Phi) is 4.99. The predicted molar refractivity (Wildman–Crippen MR) is 66.2 cm³/mol. The van der Waals surface area contributed by atoms with Crippen molar-refractivity contribution in [3.63, 3.8) is 0 Å². The molecule has 1 rings (SSSR count). The number of primary amides is 1. The average Bonchev–Trinajstić information content (AvgIpc) is 2.25. The standard InChI is InChI=1S/C13H20N2O/c1-15(2)9-8-12(10-13(14)16)11-6-4-3-5-7-11/h3-7,12H,8-10H2,1-2H3,(H2,14,16). The van der Waals surface area contributed by atoms with Crippen LogP contribution in [0.5, 0.6) is 0 Å². The van der Waals surface area contributed by atoms with Gasteiger partial charge in [-0.2, -0.15) is 0 Å². The fourth-order valence-corrected chi connectivity index (χ4v) is 1.77. The SMILES string of the molecule is CN(C)CCC(CC(N)=O)c1ccccc1. The van der Waals surface area contributed by atoms with Crippen molar-refractivity contribution in [2.24, 2.45) is 5.73 Å². The maximum atomic E-state index is 11.0. The summed E-state index contributed by atoms with van der Waals surface area (Å²) in [5, 5.41) is 0. The molecule has 16 heavy (non-hydrogen) atoms. The monoisotopic (exact) mass is 220 g/mol. The fourth-order valence-electron chi connectivity index (χ4n) is 1.77. The molecule has 0 fully saturated rings. The van der Waals surface area contributed by atoms with E-state index in [1.54, 1.807) is 0 Å². The Labute approximate surface area is 97.2 Å². The van der Waals surface area contributed by atoms with E-state index in [1.165, 1.54) is 5.56 Å². The first-order valence-electron chi connectivity index (χ1n) is 5.57. The molecule has 2 N–H and O–H groups in total. The van der Waals surface area contributed by atoms with E-state index in [0.717, 1.165) is 13.0 Å². The highest BCUT2D eigenvalue weighted by molar-refractivity contribution is 5.74. The lowest BCUT2D eigenvalue weighted by Crippen LogP contribution is -2.20. The third kappa shape index (κ3) is 4.45. The summed E-state index contributed by atoms with van der Waals surface area (Å²) in [6.07, 6.45) is 1.39. The van der Waals surface area contributed by atoms with Gasteiger partial charge in [-0.3, -0.25) is 4.79 Å². The second-order valence-corrected chi connectivity index (χ2v) is 4.37. The molecule has 0 radical (unpaired) electrons. The number of amides is 1. The summed E-state index contributed by atoms with van der Waals surface area (Å²) in [4.78, 5) is 13.2. The van der Waals surface area contributed by atoms with Crippen LogP contribution in [-0.4, -0.2) is 31.4 Å². The largest absolute Gasteiger partial charge is 0.370 e. The molecule has 0 spiro atoms. The van der Waals surface area contributed by atoms with Gasteiger partial charge in [-0.15, -0.1) is 0 Å². The number of rotatable bonds is 6. The maximum Gasteiger partial charge on any atom is 0.218 e. The van der Waals surface area contributed by atoms with Crippen LogP contribution in [0.4, 0.5) is 0 Å². The lowest BCUT2D eigenvalue weighted by molar-refractivity contribution is -0.118. The molecule has 0 heterocycles. The zero-order chi connectivity index (χ0) is 12.0. The van der Waals surface area contributed by atoms with Crippen LogP contribution in [0.1, 0.15) is 24.3 Å². The summed E-state index contributed by atoms with van der Waals surface area (Å²) >= 11 is 0. The second-order valence-electron chi connectivity index (χ2n) is 4.37. The van der Waals surface area contributed by atoms with Crippen LogP contribution in [0, 0.1) is 0 Å². The molecule has 0 saturated heterocycles. The molecule has 1 unspecified atom stereocenters. The Balaban J connectivity index is 2.67. The van der Waals surface area contributed by atoms with E-state index < -0.39 is 0 Å². The Morgan fingerprint density at radius 3 is 2.44 bits per heavy atom. The summed E-state index contributed by atoms with van der Waals surface area (Å²) in [7, 11) is 4.07. The van der Waals surface area contributed by atoms with Gasteiger partial charge in [0, 0.05) is 6.42 Å². The van der Waals surface area contributed by atoms with Crippen LogP contribution >= 0.6 is 0 Å². The number of nitrogens with zero attached hydrogens (tertiary/aromatic N) is 1. The highest BCUT2D eigenvalue weighted by Crippen LogP contribution is 2.22. The molecule has 0 aliphatic rings. The van der Waals surface area contributed by atoms with Gasteiger partial charge in [0.2, 0.25) is 5.91 Å². The smallest absolute Gasteiger partial charge is 0.218 e. The number of carbonyl (C=O) groups is 1. The minimum absolute atomic E-state index is 0.229. The summed E-state index contributed by atoms with van der Waals surface area (Å²) in [6, 6.07) is 10.1. The summed E-state index contributed by atoms with van der Waals surface area (Å²) in [6.45, 7) is 0.965. The van der Waals surface area contributed by atoms with Gasteiger partial charge in [-0.05, 0) is 38.5 Å². The number of hydrogen-bond donors (Lipinski definition) is 1. The first-order chi connectivity index (χ1) is 7.59. The van der Waals surface area contributed by atoms with Crippen LogP contribution < -0.4 is 5.73 Å². The molecule has 1 amide bonds. The summed E-state index contributed by atoms with van der Waals surface area (Å²) in [5.41, 5.74) is 6.48. The van der Waals surface area contributed by atoms with E-state index >= 15 is 0 Å². The Bertz CT molecular complexity index is 322. The quantitative estimate of drug-likeness (QED) is 0.791. The van der Waals surface area contributed by atoms with E-state index in [1.807, 2.05) is 32.3 Å². The van der Waals surface area contributed by atoms with Crippen molar-refractivity contribution >= 4 is 5.91 Å². The number of carbonyl (C=O) groups excluding carboxylic acids is 1. The zero-order valence-corrected chi connectivity index (χ0v) is 10.0. The van der Waals surface area contributed by atoms with Gasteiger partial charge in [0.15, 0.2) is 0 Å². The van der Waals surface area contributed by atoms with Crippen LogP contribution in [0.25, 0.3) is 0 Å². The van der Waals surface area contributed by atoms with Crippen LogP contribution in [-0.2, 0) is 4.79 Å². The third-order valence-electron chi connectivity index (χ3n) is 2.64. The van der Waals surface area contributed by atoms with Gasteiger partial charge in [0.1, 0.15) is 0 Å². The highest BCUT2D eigenvalue weighted by atomic mass is 16.1. The lowest BCUT2D eigenvalue weighted by Gasteiger charge is -2.18. The normalized spacial score (nSPS) is 12.7. The first-order valence-corrected chi connectivity index (χ1v) is 5.57. The van der Waals surface area contributed by atoms with Gasteiger partial charge < -0.3 is 10.6 Å². The summed E-state index contributed by atoms with van der Waals surface area (Å²) in [5.74, 6) is 0.00806. The van der Waals surface area contributed by atoms with Crippen molar-refractivity contribution in [3.05, 3.63) is 35.9 Å². The molecular formula is C13H20N2O. The lowest BCUT2D eigenvalue weighted by atomic mass is 9.92. The minimum Gasteiger partial charge on any atom is -0.370 e. The summed E-state index contributed by atoms with van der Waals surface area (Å²) < 4.78 is 0. The molecule has 3 nitrogen and oxygen atoms in total. The average molecular weight is 220 g/mol. The van der Waals surface area contributed by atoms with Gasteiger partial charge in [-0.25, -0.2) is 0 Å². The van der Waals surface area contributed by atoms with Crippen molar-refractivity contribution in [2.45, 2.75) is 18.8 Å². The van der Waals surface area contributed by atoms with Crippen molar-refractivity contribution in [2.75, 3.05) is 20.6 Å². The molecular weight excluding hydrogens is 200 g/mol. The topological polar surface area (TPSA) is 46.3 Å². The molecule has 0 aromatic heterocycles. The molecule has 0 aliphatic heterocycles. The van der Waals surface area contributed by atoms with Crippen LogP contribution in [0.2, 0.25) is 0 Å².